The fourth-order valence-corrected chi connectivity index (χ4v) is 2.01. The highest BCUT2D eigenvalue weighted by Crippen LogP contribution is 2.22. The predicted molar refractivity (Wildman–Crippen MR) is 70.4 cm³/mol. The largest absolute Gasteiger partial charge is 0.274 e. The Morgan fingerprint density at radius 2 is 1.72 bits per heavy atom. The first-order valence-electron chi connectivity index (χ1n) is 5.83. The Morgan fingerprint density at radius 3 is 2.50 bits per heavy atom. The number of benzene rings is 2. The molecule has 1 amide bonds. The standard InChI is InChI=1S/C15H12N2O/c18-15-14-9-5-4-8-13(14)11-17(15)16-10-12-6-2-1-3-7-12/h1-10H,11H2. The molecule has 0 saturated heterocycles. The molecule has 1 heterocycles. The molecule has 0 fully saturated rings. The summed E-state index contributed by atoms with van der Waals surface area (Å²) < 4.78 is 0. The van der Waals surface area contributed by atoms with Gasteiger partial charge in [0.05, 0.1) is 12.8 Å². The zero-order chi connectivity index (χ0) is 12.4. The maximum absolute atomic E-state index is 12.0. The molecule has 0 unspecified atom stereocenters. The summed E-state index contributed by atoms with van der Waals surface area (Å²) in [6.45, 7) is 0.554. The molecule has 3 nitrogen and oxygen atoms in total. The number of hydrazone groups is 1. The lowest BCUT2D eigenvalue weighted by atomic mass is 10.1. The van der Waals surface area contributed by atoms with E-state index >= 15 is 0 Å². The summed E-state index contributed by atoms with van der Waals surface area (Å²) in [5.41, 5.74) is 2.77. The maximum atomic E-state index is 12.0. The van der Waals surface area contributed by atoms with Crippen LogP contribution in [0, 0.1) is 0 Å². The van der Waals surface area contributed by atoms with Crippen LogP contribution in [-0.4, -0.2) is 17.1 Å². The Bertz CT molecular complexity index is 605. The minimum absolute atomic E-state index is 0.0298. The molecule has 18 heavy (non-hydrogen) atoms. The minimum atomic E-state index is -0.0298. The van der Waals surface area contributed by atoms with Gasteiger partial charge in [-0.05, 0) is 17.2 Å². The second-order valence-electron chi connectivity index (χ2n) is 4.18. The van der Waals surface area contributed by atoms with E-state index in [1.807, 2.05) is 54.6 Å². The second-order valence-corrected chi connectivity index (χ2v) is 4.18. The van der Waals surface area contributed by atoms with Crippen LogP contribution in [0.5, 0.6) is 0 Å². The van der Waals surface area contributed by atoms with Crippen LogP contribution in [0.25, 0.3) is 0 Å². The van der Waals surface area contributed by atoms with E-state index in [1.165, 1.54) is 5.01 Å². The summed E-state index contributed by atoms with van der Waals surface area (Å²) in [7, 11) is 0. The van der Waals surface area contributed by atoms with Crippen molar-refractivity contribution >= 4 is 12.1 Å². The van der Waals surface area contributed by atoms with E-state index in [-0.39, 0.29) is 5.91 Å². The smallest absolute Gasteiger partial charge is 0.267 e. The molecule has 0 atom stereocenters. The molecule has 0 aromatic heterocycles. The van der Waals surface area contributed by atoms with Gasteiger partial charge < -0.3 is 0 Å². The van der Waals surface area contributed by atoms with Gasteiger partial charge in [-0.25, -0.2) is 5.01 Å². The number of hydrogen-bond acceptors (Lipinski definition) is 2. The molecular formula is C15H12N2O. The van der Waals surface area contributed by atoms with Gasteiger partial charge in [-0.15, -0.1) is 0 Å². The monoisotopic (exact) mass is 236 g/mol. The zero-order valence-corrected chi connectivity index (χ0v) is 9.78. The molecule has 0 N–H and O–H groups in total. The molecule has 2 aromatic rings. The fraction of sp³-hybridized carbons (Fsp3) is 0.0667. The topological polar surface area (TPSA) is 32.7 Å². The minimum Gasteiger partial charge on any atom is -0.267 e. The average Bonchev–Trinajstić information content (AvgIpc) is 2.75. The highest BCUT2D eigenvalue weighted by molar-refractivity contribution is 5.98. The van der Waals surface area contributed by atoms with Crippen molar-refractivity contribution in [1.29, 1.82) is 0 Å². The molecule has 0 bridgehead atoms. The van der Waals surface area contributed by atoms with Crippen LogP contribution in [0.3, 0.4) is 0 Å². The Kier molecular flexibility index (Phi) is 2.65. The van der Waals surface area contributed by atoms with E-state index < -0.39 is 0 Å². The molecule has 0 saturated carbocycles. The molecule has 0 aliphatic carbocycles. The summed E-state index contributed by atoms with van der Waals surface area (Å²) in [6, 6.07) is 17.4. The second kappa shape index (κ2) is 4.45. The molecule has 0 spiro atoms. The normalized spacial score (nSPS) is 14.2. The first-order chi connectivity index (χ1) is 8.84. The number of nitrogens with zero attached hydrogens (tertiary/aromatic N) is 2. The van der Waals surface area contributed by atoms with Gasteiger partial charge in [-0.1, -0.05) is 48.5 Å². The number of carbonyl (C=O) groups excluding carboxylic acids is 1. The van der Waals surface area contributed by atoms with E-state index in [4.69, 9.17) is 0 Å². The molecule has 88 valence electrons. The van der Waals surface area contributed by atoms with Crippen LogP contribution < -0.4 is 0 Å². The Morgan fingerprint density at radius 1 is 1.00 bits per heavy atom. The average molecular weight is 236 g/mol. The van der Waals surface area contributed by atoms with Gasteiger partial charge in [0, 0.05) is 5.56 Å². The van der Waals surface area contributed by atoms with Crippen molar-refractivity contribution in [3.05, 3.63) is 71.3 Å². The van der Waals surface area contributed by atoms with E-state index in [2.05, 4.69) is 5.10 Å². The lowest BCUT2D eigenvalue weighted by molar-refractivity contribution is 0.0784. The SMILES string of the molecule is O=C1c2ccccc2CN1N=Cc1ccccc1. The Balaban J connectivity index is 1.81. The van der Waals surface area contributed by atoms with E-state index in [1.54, 1.807) is 6.21 Å². The molecule has 1 aliphatic rings. The zero-order valence-electron chi connectivity index (χ0n) is 9.78. The van der Waals surface area contributed by atoms with E-state index in [0.717, 1.165) is 16.7 Å². The van der Waals surface area contributed by atoms with Gasteiger partial charge >= 0.3 is 0 Å². The van der Waals surface area contributed by atoms with Crippen molar-refractivity contribution in [2.45, 2.75) is 6.54 Å². The third-order valence-corrected chi connectivity index (χ3v) is 2.95. The first kappa shape index (κ1) is 10.7. The molecule has 0 radical (unpaired) electrons. The van der Waals surface area contributed by atoms with Crippen LogP contribution >= 0.6 is 0 Å². The van der Waals surface area contributed by atoms with Crippen molar-refractivity contribution in [3.63, 3.8) is 0 Å². The lowest BCUT2D eigenvalue weighted by Gasteiger charge is -2.07. The predicted octanol–water partition coefficient (Wildman–Crippen LogP) is 2.68. The number of fused-ring (bicyclic) bond motifs is 1. The highest BCUT2D eigenvalue weighted by Gasteiger charge is 2.25. The number of rotatable bonds is 2. The van der Waals surface area contributed by atoms with Gasteiger partial charge in [0.2, 0.25) is 0 Å². The number of hydrogen-bond donors (Lipinski definition) is 0. The van der Waals surface area contributed by atoms with Gasteiger partial charge in [0.15, 0.2) is 0 Å². The third-order valence-electron chi connectivity index (χ3n) is 2.95. The summed E-state index contributed by atoms with van der Waals surface area (Å²) >= 11 is 0. The third kappa shape index (κ3) is 1.91. The fourth-order valence-electron chi connectivity index (χ4n) is 2.01. The van der Waals surface area contributed by atoms with Gasteiger partial charge in [0.1, 0.15) is 0 Å². The molecule has 1 aliphatic heterocycles. The van der Waals surface area contributed by atoms with Crippen molar-refractivity contribution < 1.29 is 4.79 Å². The summed E-state index contributed by atoms with van der Waals surface area (Å²) in [5, 5.41) is 5.75. The number of carbonyl (C=O) groups is 1. The van der Waals surface area contributed by atoms with Gasteiger partial charge in [0.25, 0.3) is 5.91 Å². The molecular weight excluding hydrogens is 224 g/mol. The van der Waals surface area contributed by atoms with Gasteiger partial charge in [-0.2, -0.15) is 5.10 Å². The highest BCUT2D eigenvalue weighted by atomic mass is 16.2. The summed E-state index contributed by atoms with van der Waals surface area (Å²) in [5.74, 6) is -0.0298. The van der Waals surface area contributed by atoms with Gasteiger partial charge in [-0.3, -0.25) is 4.79 Å². The number of amides is 1. The quantitative estimate of drug-likeness (QED) is 0.738. The summed E-state index contributed by atoms with van der Waals surface area (Å²) in [4.78, 5) is 12.0. The molecule has 2 aromatic carbocycles. The van der Waals surface area contributed by atoms with Crippen LogP contribution in [0.15, 0.2) is 59.7 Å². The lowest BCUT2D eigenvalue weighted by Crippen LogP contribution is -2.17. The van der Waals surface area contributed by atoms with E-state index in [0.29, 0.717) is 6.54 Å². The van der Waals surface area contributed by atoms with E-state index in [9.17, 15) is 4.79 Å². The van der Waals surface area contributed by atoms with Crippen LogP contribution in [0.4, 0.5) is 0 Å². The molecule has 3 rings (SSSR count). The van der Waals surface area contributed by atoms with Crippen molar-refractivity contribution in [2.75, 3.05) is 0 Å². The van der Waals surface area contributed by atoms with Crippen molar-refractivity contribution in [2.24, 2.45) is 5.10 Å². The first-order valence-corrected chi connectivity index (χ1v) is 5.83. The molecule has 3 heteroatoms. The Hall–Kier alpha value is -2.42. The summed E-state index contributed by atoms with van der Waals surface area (Å²) in [6.07, 6.45) is 1.71. The van der Waals surface area contributed by atoms with Crippen LogP contribution in [0.2, 0.25) is 0 Å². The van der Waals surface area contributed by atoms with Crippen LogP contribution in [0.1, 0.15) is 21.5 Å². The van der Waals surface area contributed by atoms with Crippen LogP contribution in [-0.2, 0) is 6.54 Å². The van der Waals surface area contributed by atoms with Crippen molar-refractivity contribution in [3.8, 4) is 0 Å². The Labute approximate surface area is 105 Å². The van der Waals surface area contributed by atoms with Crippen molar-refractivity contribution in [1.82, 2.24) is 5.01 Å². The maximum Gasteiger partial charge on any atom is 0.274 e.